The predicted octanol–water partition coefficient (Wildman–Crippen LogP) is 3.32. The highest BCUT2D eigenvalue weighted by molar-refractivity contribution is 7.56. The normalized spacial score (nSPS) is 11.6. The topological polar surface area (TPSA) is 57.0 Å². The van der Waals surface area contributed by atoms with Gasteiger partial charge in [0.15, 0.2) is 5.78 Å². The molecule has 98 valence electrons. The molecule has 0 bridgehead atoms. The number of rotatable bonds is 5. The SMILES string of the molecule is CCOP(=O)([CH-][N+]#CC(=O)C(C)(C)C)OCC. The second-order valence-electron chi connectivity index (χ2n) is 4.31. The molecule has 0 spiro atoms. The van der Waals surface area contributed by atoms with Crippen LogP contribution < -0.4 is 0 Å². The van der Waals surface area contributed by atoms with E-state index in [-0.39, 0.29) is 19.0 Å². The zero-order valence-electron chi connectivity index (χ0n) is 11.0. The Balaban J connectivity index is 4.57. The Bertz CT molecular complexity index is 352. The van der Waals surface area contributed by atoms with Gasteiger partial charge in [-0.1, -0.05) is 20.8 Å². The van der Waals surface area contributed by atoms with Crippen LogP contribution in [-0.2, 0) is 18.4 Å². The first-order valence-electron chi connectivity index (χ1n) is 5.48. The number of carbonyl (C=O) groups excluding carboxylic acids is 1. The van der Waals surface area contributed by atoms with Gasteiger partial charge in [0.1, 0.15) is 6.07 Å². The van der Waals surface area contributed by atoms with Crippen molar-refractivity contribution in [3.8, 4) is 6.07 Å². The molecule has 0 rings (SSSR count). The van der Waals surface area contributed by atoms with Crippen molar-refractivity contribution in [3.63, 3.8) is 0 Å². The van der Waals surface area contributed by atoms with Crippen molar-refractivity contribution in [1.29, 1.82) is 0 Å². The van der Waals surface area contributed by atoms with Crippen molar-refractivity contribution in [3.05, 3.63) is 11.1 Å². The quantitative estimate of drug-likeness (QED) is 0.433. The fourth-order valence-corrected chi connectivity index (χ4v) is 1.92. The lowest BCUT2D eigenvalue weighted by Gasteiger charge is -2.13. The summed E-state index contributed by atoms with van der Waals surface area (Å²) >= 11 is 0. The zero-order valence-corrected chi connectivity index (χ0v) is 11.9. The molecule has 0 saturated carbocycles. The van der Waals surface area contributed by atoms with E-state index in [9.17, 15) is 9.36 Å². The summed E-state index contributed by atoms with van der Waals surface area (Å²) in [5.41, 5.74) is -0.557. The summed E-state index contributed by atoms with van der Waals surface area (Å²) in [5, 5.41) is 0. The van der Waals surface area contributed by atoms with E-state index >= 15 is 0 Å². The van der Waals surface area contributed by atoms with Crippen LogP contribution in [0.2, 0.25) is 0 Å². The lowest BCUT2D eigenvalue weighted by Crippen LogP contribution is -2.17. The molecule has 0 radical (unpaired) electrons. The number of hydrogen-bond acceptors (Lipinski definition) is 4. The number of hydrogen-bond donors (Lipinski definition) is 0. The lowest BCUT2D eigenvalue weighted by molar-refractivity contribution is -0.120. The van der Waals surface area contributed by atoms with Crippen LogP contribution in [0.4, 0.5) is 0 Å². The van der Waals surface area contributed by atoms with E-state index in [4.69, 9.17) is 9.05 Å². The van der Waals surface area contributed by atoms with Gasteiger partial charge in [-0.05, 0) is 13.8 Å². The van der Waals surface area contributed by atoms with Crippen molar-refractivity contribution in [2.24, 2.45) is 5.41 Å². The summed E-state index contributed by atoms with van der Waals surface area (Å²) in [6.07, 6.45) is 1.02. The molecule has 0 fully saturated rings. The van der Waals surface area contributed by atoms with Crippen LogP contribution in [0.25, 0.3) is 4.85 Å². The molecule has 6 heteroatoms. The molecule has 0 N–H and O–H groups in total. The Hall–Kier alpha value is -0.820. The van der Waals surface area contributed by atoms with E-state index in [1.54, 1.807) is 34.6 Å². The van der Waals surface area contributed by atoms with Gasteiger partial charge in [0.05, 0.1) is 13.2 Å². The maximum atomic E-state index is 11.9. The molecule has 0 aromatic rings. The molecule has 0 unspecified atom stereocenters. The molecule has 0 aliphatic carbocycles. The number of ketones is 1. The first-order chi connectivity index (χ1) is 7.75. The molecule has 17 heavy (non-hydrogen) atoms. The van der Waals surface area contributed by atoms with E-state index in [1.807, 2.05) is 0 Å². The van der Waals surface area contributed by atoms with Gasteiger partial charge in [0, 0.05) is 5.41 Å². The largest absolute Gasteiger partial charge is 0.356 e. The zero-order chi connectivity index (χ0) is 13.5. The molecule has 0 aliphatic rings. The van der Waals surface area contributed by atoms with E-state index in [2.05, 4.69) is 10.9 Å². The van der Waals surface area contributed by atoms with Gasteiger partial charge < -0.3 is 13.8 Å². The lowest BCUT2D eigenvalue weighted by atomic mass is 9.92. The van der Waals surface area contributed by atoms with E-state index in [1.165, 1.54) is 0 Å². The van der Waals surface area contributed by atoms with Gasteiger partial charge in [-0.15, -0.1) is 0 Å². The van der Waals surface area contributed by atoms with Crippen LogP contribution in [-0.4, -0.2) is 19.0 Å². The van der Waals surface area contributed by atoms with Crippen LogP contribution >= 0.6 is 7.60 Å². The summed E-state index contributed by atoms with van der Waals surface area (Å²) < 4.78 is 21.8. The molecule has 0 amide bonds. The number of Topliss-reactive ketones (excluding diaryl/α,β-unsaturated/α-hetero) is 1. The molecule has 0 aromatic carbocycles. The van der Waals surface area contributed by atoms with Gasteiger partial charge in [-0.3, -0.25) is 4.57 Å². The van der Waals surface area contributed by atoms with Crippen molar-refractivity contribution < 1.29 is 18.4 Å². The fraction of sp³-hybridized carbons (Fsp3) is 0.727. The predicted molar refractivity (Wildman–Crippen MR) is 66.9 cm³/mol. The molecule has 0 aromatic heterocycles. The minimum absolute atomic E-state index is 0.247. The summed E-state index contributed by atoms with van der Waals surface area (Å²) in [6.45, 7) is 9.15. The van der Waals surface area contributed by atoms with Crippen LogP contribution in [0.1, 0.15) is 34.6 Å². The third-order valence-electron chi connectivity index (χ3n) is 1.66. The summed E-state index contributed by atoms with van der Waals surface area (Å²) in [7, 11) is -3.33. The first kappa shape index (κ1) is 16.2. The van der Waals surface area contributed by atoms with Gasteiger partial charge in [0.25, 0.3) is 0 Å². The van der Waals surface area contributed by atoms with E-state index in [0.29, 0.717) is 0 Å². The average Bonchev–Trinajstić information content (AvgIpc) is 2.16. The van der Waals surface area contributed by atoms with Crippen LogP contribution in [0, 0.1) is 17.8 Å². The van der Waals surface area contributed by atoms with Crippen LogP contribution in [0.15, 0.2) is 0 Å². The van der Waals surface area contributed by atoms with Gasteiger partial charge in [0.2, 0.25) is 6.29 Å². The van der Waals surface area contributed by atoms with Gasteiger partial charge in [-0.25, -0.2) is 4.85 Å². The minimum atomic E-state index is -3.33. The smallest absolute Gasteiger partial charge is 0.314 e. The average molecular weight is 261 g/mol. The second kappa shape index (κ2) is 6.80. The molecular formula is C11H20NO4P. The maximum Gasteiger partial charge on any atom is 0.356 e. The summed E-state index contributed by atoms with van der Waals surface area (Å²) in [4.78, 5) is 15.1. The highest BCUT2D eigenvalue weighted by Gasteiger charge is 2.24. The van der Waals surface area contributed by atoms with E-state index in [0.717, 1.165) is 6.29 Å². The Labute approximate surface area is 103 Å². The standard InChI is InChI=1S/C11H20NO4P/c1-6-15-17(14,16-7-2)9-12-8-10(13)11(3,4)5/h9H,6-7H2,1-5H3. The van der Waals surface area contributed by atoms with E-state index < -0.39 is 13.0 Å². The highest BCUT2D eigenvalue weighted by Crippen LogP contribution is 2.51. The van der Waals surface area contributed by atoms with Gasteiger partial charge >= 0.3 is 7.60 Å². The fourth-order valence-electron chi connectivity index (χ4n) is 0.790. The second-order valence-corrected chi connectivity index (χ2v) is 6.14. The Morgan fingerprint density at radius 3 is 2.12 bits per heavy atom. The third kappa shape index (κ3) is 6.48. The summed E-state index contributed by atoms with van der Waals surface area (Å²) in [5.74, 6) is -0.270. The number of nitrogens with zero attached hydrogens (tertiary/aromatic N) is 1. The molecule has 5 nitrogen and oxygen atoms in total. The summed E-state index contributed by atoms with van der Waals surface area (Å²) in [6, 6.07) is 2.29. The molecule has 0 heterocycles. The minimum Gasteiger partial charge on any atom is -0.314 e. The molecule has 0 atom stereocenters. The third-order valence-corrected chi connectivity index (χ3v) is 3.30. The molecule has 0 saturated heterocycles. The maximum absolute atomic E-state index is 11.9. The van der Waals surface area contributed by atoms with Crippen LogP contribution in [0.5, 0.6) is 0 Å². The monoisotopic (exact) mass is 261 g/mol. The molecular weight excluding hydrogens is 241 g/mol. The Kier molecular flexibility index (Phi) is 6.48. The Morgan fingerprint density at radius 2 is 1.76 bits per heavy atom. The highest BCUT2D eigenvalue weighted by atomic mass is 31.2. The van der Waals surface area contributed by atoms with Crippen molar-refractivity contribution in [2.75, 3.05) is 13.2 Å². The van der Waals surface area contributed by atoms with Crippen molar-refractivity contribution in [1.82, 2.24) is 0 Å². The van der Waals surface area contributed by atoms with Crippen molar-refractivity contribution >= 4 is 13.4 Å². The molecule has 0 aliphatic heterocycles. The number of carbonyl (C=O) groups is 1. The van der Waals surface area contributed by atoms with Crippen LogP contribution in [0.3, 0.4) is 0 Å². The Morgan fingerprint density at radius 1 is 1.29 bits per heavy atom. The van der Waals surface area contributed by atoms with Crippen molar-refractivity contribution in [2.45, 2.75) is 34.6 Å². The van der Waals surface area contributed by atoms with Gasteiger partial charge in [-0.2, -0.15) is 0 Å². The first-order valence-corrected chi connectivity index (χ1v) is 7.10.